The average Bonchev–Trinajstić information content (AvgIpc) is 3.23. The lowest BCUT2D eigenvalue weighted by atomic mass is 10.1. The summed E-state index contributed by atoms with van der Waals surface area (Å²) >= 11 is 6.15. The van der Waals surface area contributed by atoms with Crippen LogP contribution in [0.3, 0.4) is 0 Å². The van der Waals surface area contributed by atoms with Crippen molar-refractivity contribution in [3.63, 3.8) is 0 Å². The Bertz CT molecular complexity index is 1020. The molecule has 7 heteroatoms. The number of carbonyl (C=O) groups excluding carboxylic acids is 1. The maximum atomic E-state index is 12.6. The van der Waals surface area contributed by atoms with Gasteiger partial charge in [-0.05, 0) is 31.5 Å². The summed E-state index contributed by atoms with van der Waals surface area (Å²) in [6.45, 7) is 7.11. The third-order valence-corrected chi connectivity index (χ3v) is 5.71. The van der Waals surface area contributed by atoms with Gasteiger partial charge in [0.25, 0.3) is 0 Å². The molecule has 3 aromatic rings. The van der Waals surface area contributed by atoms with Crippen LogP contribution in [0.4, 0.5) is 5.69 Å². The summed E-state index contributed by atoms with van der Waals surface area (Å²) in [4.78, 5) is 21.3. The van der Waals surface area contributed by atoms with Crippen molar-refractivity contribution in [1.82, 2.24) is 15.0 Å². The van der Waals surface area contributed by atoms with Crippen molar-refractivity contribution < 1.29 is 9.32 Å². The van der Waals surface area contributed by atoms with E-state index >= 15 is 0 Å². The van der Waals surface area contributed by atoms with Crippen molar-refractivity contribution in [1.29, 1.82) is 0 Å². The number of benzene rings is 2. The van der Waals surface area contributed by atoms with Gasteiger partial charge in [-0.2, -0.15) is 4.98 Å². The van der Waals surface area contributed by atoms with Gasteiger partial charge in [0.05, 0.1) is 0 Å². The summed E-state index contributed by atoms with van der Waals surface area (Å²) in [7, 11) is 0. The van der Waals surface area contributed by atoms with Crippen LogP contribution in [0.25, 0.3) is 11.4 Å². The van der Waals surface area contributed by atoms with Gasteiger partial charge in [-0.3, -0.25) is 4.79 Å². The molecule has 0 bridgehead atoms. The molecule has 1 aliphatic heterocycles. The van der Waals surface area contributed by atoms with E-state index < -0.39 is 0 Å². The van der Waals surface area contributed by atoms with Crippen molar-refractivity contribution >= 4 is 23.2 Å². The van der Waals surface area contributed by atoms with Crippen LogP contribution in [0, 0.1) is 13.8 Å². The fourth-order valence-corrected chi connectivity index (χ4v) is 3.83. The molecular formula is C23H25ClN4O2. The Labute approximate surface area is 181 Å². The van der Waals surface area contributed by atoms with Crippen LogP contribution in [-0.4, -0.2) is 47.1 Å². The van der Waals surface area contributed by atoms with Crippen molar-refractivity contribution in [3.8, 4) is 11.4 Å². The van der Waals surface area contributed by atoms with Gasteiger partial charge < -0.3 is 14.3 Å². The Morgan fingerprint density at radius 3 is 2.53 bits per heavy atom. The number of aromatic nitrogens is 2. The summed E-state index contributed by atoms with van der Waals surface area (Å²) in [6, 6.07) is 13.9. The van der Waals surface area contributed by atoms with Crippen LogP contribution in [0.1, 0.15) is 23.4 Å². The lowest BCUT2D eigenvalue weighted by Crippen LogP contribution is -2.49. The van der Waals surface area contributed by atoms with E-state index in [1.165, 1.54) is 11.1 Å². The predicted molar refractivity (Wildman–Crippen MR) is 118 cm³/mol. The molecule has 0 N–H and O–H groups in total. The zero-order valence-corrected chi connectivity index (χ0v) is 18.0. The van der Waals surface area contributed by atoms with E-state index in [1.54, 1.807) is 0 Å². The average molecular weight is 425 g/mol. The second-order valence-corrected chi connectivity index (χ2v) is 8.11. The van der Waals surface area contributed by atoms with Gasteiger partial charge in [-0.25, -0.2) is 0 Å². The van der Waals surface area contributed by atoms with Crippen molar-refractivity contribution in [3.05, 3.63) is 64.5 Å². The van der Waals surface area contributed by atoms with Crippen molar-refractivity contribution in [2.45, 2.75) is 26.7 Å². The standard InChI is InChI=1S/C23H25ClN4O2/c1-16-3-6-18(7-4-16)23-25-21(30-26-23)9-10-22(29)28-13-11-27(12-14-28)20-15-19(24)8-5-17(20)2/h3-8,15H,9-14H2,1-2H3. The highest BCUT2D eigenvalue weighted by atomic mass is 35.5. The third-order valence-electron chi connectivity index (χ3n) is 5.47. The van der Waals surface area contributed by atoms with E-state index in [0.29, 0.717) is 37.6 Å². The first-order chi connectivity index (χ1) is 14.5. The van der Waals surface area contributed by atoms with Crippen molar-refractivity contribution in [2.24, 2.45) is 0 Å². The lowest BCUT2D eigenvalue weighted by molar-refractivity contribution is -0.131. The number of amides is 1. The van der Waals surface area contributed by atoms with E-state index in [-0.39, 0.29) is 5.91 Å². The number of nitrogens with zero attached hydrogens (tertiary/aromatic N) is 4. The number of hydrogen-bond acceptors (Lipinski definition) is 5. The molecule has 2 aromatic carbocycles. The van der Waals surface area contributed by atoms with E-state index in [4.69, 9.17) is 16.1 Å². The molecule has 1 aromatic heterocycles. The zero-order valence-electron chi connectivity index (χ0n) is 17.3. The molecule has 2 heterocycles. The summed E-state index contributed by atoms with van der Waals surface area (Å²) in [5, 5.41) is 4.77. The minimum atomic E-state index is 0.118. The summed E-state index contributed by atoms with van der Waals surface area (Å²) in [5.74, 6) is 1.17. The molecule has 0 saturated carbocycles. The van der Waals surface area contributed by atoms with Gasteiger partial charge in [-0.15, -0.1) is 0 Å². The largest absolute Gasteiger partial charge is 0.368 e. The molecule has 0 radical (unpaired) electrons. The zero-order chi connectivity index (χ0) is 21.1. The molecule has 0 aliphatic carbocycles. The van der Waals surface area contributed by atoms with E-state index in [0.717, 1.165) is 29.4 Å². The Kier molecular flexibility index (Phi) is 6.04. The van der Waals surface area contributed by atoms with E-state index in [2.05, 4.69) is 22.0 Å². The van der Waals surface area contributed by atoms with Gasteiger partial charge in [0.2, 0.25) is 17.6 Å². The van der Waals surface area contributed by atoms with Crippen LogP contribution in [0.2, 0.25) is 5.02 Å². The van der Waals surface area contributed by atoms with E-state index in [1.807, 2.05) is 54.3 Å². The third kappa shape index (κ3) is 4.65. The number of rotatable bonds is 5. The van der Waals surface area contributed by atoms with Gasteiger partial charge in [0.15, 0.2) is 0 Å². The van der Waals surface area contributed by atoms with Gasteiger partial charge in [0, 0.05) is 55.3 Å². The van der Waals surface area contributed by atoms with Gasteiger partial charge in [0.1, 0.15) is 0 Å². The molecule has 1 fully saturated rings. The second kappa shape index (κ2) is 8.88. The Morgan fingerprint density at radius 1 is 1.07 bits per heavy atom. The highest BCUT2D eigenvalue weighted by Gasteiger charge is 2.22. The molecule has 1 aliphatic rings. The summed E-state index contributed by atoms with van der Waals surface area (Å²) in [5.41, 5.74) is 4.43. The number of hydrogen-bond donors (Lipinski definition) is 0. The molecule has 1 amide bonds. The Hall–Kier alpha value is -2.86. The Balaban J connectivity index is 1.29. The molecule has 0 unspecified atom stereocenters. The minimum Gasteiger partial charge on any atom is -0.368 e. The minimum absolute atomic E-state index is 0.118. The fourth-order valence-electron chi connectivity index (χ4n) is 3.67. The molecule has 30 heavy (non-hydrogen) atoms. The van der Waals surface area contributed by atoms with Crippen LogP contribution in [0.15, 0.2) is 47.0 Å². The van der Waals surface area contributed by atoms with Crippen LogP contribution < -0.4 is 4.90 Å². The molecule has 0 atom stereocenters. The SMILES string of the molecule is Cc1ccc(-c2noc(CCC(=O)N3CCN(c4cc(Cl)ccc4C)CC3)n2)cc1. The second-order valence-electron chi connectivity index (χ2n) is 7.68. The number of anilines is 1. The molecule has 4 rings (SSSR count). The molecule has 156 valence electrons. The maximum absolute atomic E-state index is 12.6. The number of carbonyl (C=O) groups is 1. The highest BCUT2D eigenvalue weighted by Crippen LogP contribution is 2.25. The Morgan fingerprint density at radius 2 is 1.80 bits per heavy atom. The fraction of sp³-hybridized carbons (Fsp3) is 0.348. The molecular weight excluding hydrogens is 400 g/mol. The number of aryl methyl sites for hydroxylation is 3. The normalized spacial score (nSPS) is 14.2. The van der Waals surface area contributed by atoms with Crippen molar-refractivity contribution in [2.75, 3.05) is 31.1 Å². The number of piperazine rings is 1. The smallest absolute Gasteiger partial charge is 0.227 e. The maximum Gasteiger partial charge on any atom is 0.227 e. The molecule has 1 saturated heterocycles. The van der Waals surface area contributed by atoms with Crippen LogP contribution in [0.5, 0.6) is 0 Å². The topological polar surface area (TPSA) is 62.5 Å². The van der Waals surface area contributed by atoms with Crippen LogP contribution in [-0.2, 0) is 11.2 Å². The highest BCUT2D eigenvalue weighted by molar-refractivity contribution is 6.30. The van der Waals surface area contributed by atoms with E-state index in [9.17, 15) is 4.79 Å². The monoisotopic (exact) mass is 424 g/mol. The predicted octanol–water partition coefficient (Wildman–Crippen LogP) is 4.29. The van der Waals surface area contributed by atoms with Gasteiger partial charge in [-0.1, -0.05) is 52.7 Å². The quantitative estimate of drug-likeness (QED) is 0.611. The van der Waals surface area contributed by atoms with Crippen LogP contribution >= 0.6 is 11.6 Å². The molecule has 6 nitrogen and oxygen atoms in total. The lowest BCUT2D eigenvalue weighted by Gasteiger charge is -2.37. The first-order valence-corrected chi connectivity index (χ1v) is 10.6. The summed E-state index contributed by atoms with van der Waals surface area (Å²) in [6.07, 6.45) is 0.817. The van der Waals surface area contributed by atoms with Gasteiger partial charge >= 0.3 is 0 Å². The first-order valence-electron chi connectivity index (χ1n) is 10.2. The number of halogens is 1. The molecule has 0 spiro atoms. The summed E-state index contributed by atoms with van der Waals surface area (Å²) < 4.78 is 5.33. The first kappa shape index (κ1) is 20.4.